The lowest BCUT2D eigenvalue weighted by Crippen LogP contribution is -2.49. The molecule has 36 heavy (non-hydrogen) atoms. The zero-order chi connectivity index (χ0) is 26.5. The molecule has 2 aromatic carbocycles. The fourth-order valence-electron chi connectivity index (χ4n) is 4.11. The van der Waals surface area contributed by atoms with Gasteiger partial charge in [-0.1, -0.05) is 55.2 Å². The average Bonchev–Trinajstić information content (AvgIpc) is 3.04. The van der Waals surface area contributed by atoms with Gasteiger partial charge in [-0.25, -0.2) is 12.7 Å². The molecule has 1 heterocycles. The van der Waals surface area contributed by atoms with Crippen molar-refractivity contribution in [3.63, 3.8) is 0 Å². The first-order valence-electron chi connectivity index (χ1n) is 11.8. The number of carbonyl (C=O) groups is 3. The first kappa shape index (κ1) is 28.0. The van der Waals surface area contributed by atoms with Crippen LogP contribution in [0.5, 0.6) is 0 Å². The monoisotopic (exact) mass is 553 g/mol. The third kappa shape index (κ3) is 5.85. The highest BCUT2D eigenvalue weighted by atomic mass is 35.5. The SMILES string of the molecule is CCCNC(=O)C(CC)N(Cc1c(Cl)cccc1Cl)C(=O)CCCN1C(=O)c2ccccc2S1(=O)=O. The molecule has 3 amide bonds. The minimum absolute atomic E-state index is 0.0157. The molecular formula is C25H29Cl2N3O5S. The molecule has 0 aromatic heterocycles. The molecule has 2 aromatic rings. The van der Waals surface area contributed by atoms with E-state index in [1.165, 1.54) is 17.0 Å². The molecule has 1 N–H and O–H groups in total. The Morgan fingerprint density at radius 3 is 2.33 bits per heavy atom. The van der Waals surface area contributed by atoms with Crippen LogP contribution >= 0.6 is 23.2 Å². The van der Waals surface area contributed by atoms with Crippen LogP contribution in [0, 0.1) is 0 Å². The molecule has 8 nitrogen and oxygen atoms in total. The van der Waals surface area contributed by atoms with Crippen molar-refractivity contribution >= 4 is 50.9 Å². The number of halogens is 2. The van der Waals surface area contributed by atoms with Crippen LogP contribution in [0.25, 0.3) is 0 Å². The normalized spacial score (nSPS) is 14.9. The van der Waals surface area contributed by atoms with Gasteiger partial charge in [0.2, 0.25) is 11.8 Å². The van der Waals surface area contributed by atoms with Gasteiger partial charge in [-0.3, -0.25) is 14.4 Å². The van der Waals surface area contributed by atoms with Crippen molar-refractivity contribution in [2.75, 3.05) is 13.1 Å². The van der Waals surface area contributed by atoms with E-state index in [1.54, 1.807) is 37.3 Å². The quantitative estimate of drug-likeness (QED) is 0.447. The zero-order valence-electron chi connectivity index (χ0n) is 20.2. The maximum Gasteiger partial charge on any atom is 0.269 e. The number of hydrogen-bond donors (Lipinski definition) is 1. The summed E-state index contributed by atoms with van der Waals surface area (Å²) in [5.41, 5.74) is 0.640. The molecule has 3 rings (SSSR count). The van der Waals surface area contributed by atoms with Crippen molar-refractivity contribution in [3.05, 3.63) is 63.6 Å². The third-order valence-electron chi connectivity index (χ3n) is 5.99. The van der Waals surface area contributed by atoms with Gasteiger partial charge in [0.15, 0.2) is 0 Å². The molecule has 0 fully saturated rings. The standard InChI is InChI=1S/C25H29Cl2N3O5S/c1-3-14-28-24(32)21(4-2)29(16-18-19(26)10-7-11-20(18)27)23(31)13-8-15-30-25(33)17-9-5-6-12-22(17)36(30,34)35/h5-7,9-12,21H,3-4,8,13-16H2,1-2H3,(H,28,32). The van der Waals surface area contributed by atoms with E-state index < -0.39 is 22.0 Å². The van der Waals surface area contributed by atoms with Crippen LogP contribution in [0.2, 0.25) is 10.0 Å². The van der Waals surface area contributed by atoms with E-state index in [4.69, 9.17) is 23.2 Å². The van der Waals surface area contributed by atoms with Crippen LogP contribution in [-0.2, 0) is 26.2 Å². The molecule has 11 heteroatoms. The topological polar surface area (TPSA) is 104 Å². The number of carbonyl (C=O) groups excluding carboxylic acids is 3. The van der Waals surface area contributed by atoms with Gasteiger partial charge in [-0.05, 0) is 43.5 Å². The summed E-state index contributed by atoms with van der Waals surface area (Å²) in [5.74, 6) is -1.27. The minimum atomic E-state index is -3.96. The highest BCUT2D eigenvalue weighted by Gasteiger charge is 2.40. The Kier molecular flexibility index (Phi) is 9.38. The van der Waals surface area contributed by atoms with Gasteiger partial charge in [0.05, 0.1) is 5.56 Å². The van der Waals surface area contributed by atoms with Gasteiger partial charge >= 0.3 is 0 Å². The van der Waals surface area contributed by atoms with Gasteiger partial charge in [0.1, 0.15) is 10.9 Å². The molecule has 194 valence electrons. The number of rotatable bonds is 11. The second-order valence-electron chi connectivity index (χ2n) is 8.42. The first-order valence-corrected chi connectivity index (χ1v) is 14.0. The Balaban J connectivity index is 1.78. The van der Waals surface area contributed by atoms with E-state index >= 15 is 0 Å². The molecule has 1 unspecified atom stereocenters. The van der Waals surface area contributed by atoms with Gasteiger partial charge in [0, 0.05) is 41.7 Å². The molecule has 1 aliphatic rings. The van der Waals surface area contributed by atoms with Crippen molar-refractivity contribution in [3.8, 4) is 0 Å². The number of amides is 3. The van der Waals surface area contributed by atoms with Gasteiger partial charge in [-0.15, -0.1) is 0 Å². The number of nitrogens with zero attached hydrogens (tertiary/aromatic N) is 2. The summed E-state index contributed by atoms with van der Waals surface area (Å²) in [6.07, 6.45) is 1.12. The molecule has 0 radical (unpaired) electrons. The fourth-order valence-corrected chi connectivity index (χ4v) is 6.23. The van der Waals surface area contributed by atoms with E-state index in [9.17, 15) is 22.8 Å². The third-order valence-corrected chi connectivity index (χ3v) is 8.54. The smallest absolute Gasteiger partial charge is 0.269 e. The zero-order valence-corrected chi connectivity index (χ0v) is 22.5. The molecule has 0 spiro atoms. The lowest BCUT2D eigenvalue weighted by Gasteiger charge is -2.31. The van der Waals surface area contributed by atoms with E-state index in [1.807, 2.05) is 6.92 Å². The predicted octanol–water partition coefficient (Wildman–Crippen LogP) is 4.25. The summed E-state index contributed by atoms with van der Waals surface area (Å²) in [4.78, 5) is 40.3. The van der Waals surface area contributed by atoms with E-state index in [-0.39, 0.29) is 48.2 Å². The molecule has 0 bridgehead atoms. The molecule has 0 aliphatic carbocycles. The second kappa shape index (κ2) is 12.1. The first-order chi connectivity index (χ1) is 17.1. The molecule has 1 atom stereocenters. The number of hydrogen-bond acceptors (Lipinski definition) is 5. The fraction of sp³-hybridized carbons (Fsp3) is 0.400. The number of fused-ring (bicyclic) bond motifs is 1. The number of benzene rings is 2. The van der Waals surface area contributed by atoms with Gasteiger partial charge in [-0.2, -0.15) is 0 Å². The van der Waals surface area contributed by atoms with Crippen molar-refractivity contribution in [2.24, 2.45) is 0 Å². The van der Waals surface area contributed by atoms with E-state index in [2.05, 4.69) is 5.32 Å². The van der Waals surface area contributed by atoms with Gasteiger partial charge in [0.25, 0.3) is 15.9 Å². The van der Waals surface area contributed by atoms with Crippen LogP contribution in [0.3, 0.4) is 0 Å². The van der Waals surface area contributed by atoms with Gasteiger partial charge < -0.3 is 10.2 Å². The lowest BCUT2D eigenvalue weighted by molar-refractivity contribution is -0.141. The molecular weight excluding hydrogens is 525 g/mol. The Morgan fingerprint density at radius 1 is 1.06 bits per heavy atom. The molecule has 0 saturated carbocycles. The molecule has 0 saturated heterocycles. The van der Waals surface area contributed by atoms with Crippen molar-refractivity contribution < 1.29 is 22.8 Å². The van der Waals surface area contributed by atoms with Crippen LogP contribution in [0.4, 0.5) is 0 Å². The predicted molar refractivity (Wildman–Crippen MR) is 138 cm³/mol. The maximum absolute atomic E-state index is 13.4. The Morgan fingerprint density at radius 2 is 1.72 bits per heavy atom. The number of sulfonamides is 1. The summed E-state index contributed by atoms with van der Waals surface area (Å²) in [5, 5.41) is 3.57. The highest BCUT2D eigenvalue weighted by Crippen LogP contribution is 2.31. The Hall–Kier alpha value is -2.62. The largest absolute Gasteiger partial charge is 0.354 e. The summed E-state index contributed by atoms with van der Waals surface area (Å²) in [6.45, 7) is 4.07. The maximum atomic E-state index is 13.4. The Bertz CT molecular complexity index is 1230. The van der Waals surface area contributed by atoms with Crippen LogP contribution in [-0.4, -0.2) is 54.5 Å². The lowest BCUT2D eigenvalue weighted by atomic mass is 10.1. The molecule has 1 aliphatic heterocycles. The highest BCUT2D eigenvalue weighted by molar-refractivity contribution is 7.90. The summed E-state index contributed by atoms with van der Waals surface area (Å²) >= 11 is 12.7. The van der Waals surface area contributed by atoms with Crippen molar-refractivity contribution in [2.45, 2.75) is 57.0 Å². The summed E-state index contributed by atoms with van der Waals surface area (Å²) < 4.78 is 26.4. The summed E-state index contributed by atoms with van der Waals surface area (Å²) in [6, 6.07) is 10.3. The number of nitrogens with one attached hydrogen (secondary N) is 1. The second-order valence-corrected chi connectivity index (χ2v) is 11.1. The van der Waals surface area contributed by atoms with Crippen LogP contribution in [0.15, 0.2) is 47.4 Å². The summed E-state index contributed by atoms with van der Waals surface area (Å²) in [7, 11) is -3.96. The Labute approximate surface area is 221 Å². The van der Waals surface area contributed by atoms with Crippen LogP contribution in [0.1, 0.15) is 55.5 Å². The van der Waals surface area contributed by atoms with E-state index in [0.29, 0.717) is 28.6 Å². The van der Waals surface area contributed by atoms with Crippen molar-refractivity contribution in [1.29, 1.82) is 0 Å². The minimum Gasteiger partial charge on any atom is -0.354 e. The van der Waals surface area contributed by atoms with Crippen LogP contribution < -0.4 is 5.32 Å². The van der Waals surface area contributed by atoms with E-state index in [0.717, 1.165) is 10.7 Å². The average molecular weight is 554 g/mol. The van der Waals surface area contributed by atoms with Crippen molar-refractivity contribution in [1.82, 2.24) is 14.5 Å².